The average molecular weight is 478 g/mol. The fraction of sp³-hybridized carbons (Fsp3) is 0.192. The molecule has 3 aromatic carbocycles. The predicted molar refractivity (Wildman–Crippen MR) is 126 cm³/mol. The van der Waals surface area contributed by atoms with E-state index in [-0.39, 0.29) is 24.8 Å². The molecule has 8 nitrogen and oxygen atoms in total. The molecule has 3 aromatic rings. The molecular weight excluding hydrogens is 455 g/mol. The number of alkyl carbamates (subject to hydrolysis) is 1. The fourth-order valence-electron chi connectivity index (χ4n) is 4.12. The Kier molecular flexibility index (Phi) is 7.07. The summed E-state index contributed by atoms with van der Waals surface area (Å²) in [5, 5.41) is 13.8. The van der Waals surface area contributed by atoms with E-state index in [9.17, 15) is 18.8 Å². The van der Waals surface area contributed by atoms with Crippen LogP contribution < -0.4 is 10.6 Å². The molecule has 9 heteroatoms. The summed E-state index contributed by atoms with van der Waals surface area (Å²) in [6.07, 6.45) is -1.90. The van der Waals surface area contributed by atoms with Crippen LogP contribution in [0.5, 0.6) is 0 Å². The van der Waals surface area contributed by atoms with Crippen molar-refractivity contribution >= 4 is 23.7 Å². The topological polar surface area (TPSA) is 114 Å². The van der Waals surface area contributed by atoms with Crippen LogP contribution in [0.25, 0.3) is 11.1 Å². The Balaban J connectivity index is 1.34. The van der Waals surface area contributed by atoms with Gasteiger partial charge in [-0.05, 0) is 34.4 Å². The molecule has 1 unspecified atom stereocenters. The minimum Gasteiger partial charge on any atom is -0.478 e. The molecule has 0 spiro atoms. The van der Waals surface area contributed by atoms with Gasteiger partial charge in [-0.2, -0.15) is 0 Å². The van der Waals surface area contributed by atoms with Crippen molar-refractivity contribution in [3.05, 3.63) is 89.2 Å². The largest absolute Gasteiger partial charge is 0.478 e. The summed E-state index contributed by atoms with van der Waals surface area (Å²) in [6.45, 7) is -0.129. The predicted octanol–water partition coefficient (Wildman–Crippen LogP) is 4.02. The molecule has 180 valence electrons. The third-order valence-electron chi connectivity index (χ3n) is 5.84. The summed E-state index contributed by atoms with van der Waals surface area (Å²) in [4.78, 5) is 35.9. The van der Waals surface area contributed by atoms with E-state index in [4.69, 9.17) is 14.6 Å². The molecule has 35 heavy (non-hydrogen) atoms. The maximum Gasteiger partial charge on any atom is 0.407 e. The third kappa shape index (κ3) is 4.99. The molecule has 0 saturated heterocycles. The Morgan fingerprint density at radius 2 is 1.60 bits per heavy atom. The number of carbonyl (C=O) groups is 3. The van der Waals surface area contributed by atoms with Crippen LogP contribution in [0.1, 0.15) is 27.4 Å². The number of nitrogens with one attached hydrogen (secondary N) is 2. The monoisotopic (exact) mass is 478 g/mol. The molecule has 0 aromatic heterocycles. The second-order valence-corrected chi connectivity index (χ2v) is 7.89. The highest BCUT2D eigenvalue weighted by Crippen LogP contribution is 2.44. The zero-order chi connectivity index (χ0) is 24.9. The zero-order valence-electron chi connectivity index (χ0n) is 18.8. The number of anilines is 1. The number of halogens is 1. The minimum absolute atomic E-state index is 0.108. The smallest absolute Gasteiger partial charge is 0.407 e. The number of carbonyl (C=O) groups excluding carboxylic acids is 2. The van der Waals surface area contributed by atoms with Gasteiger partial charge in [0, 0.05) is 13.0 Å². The van der Waals surface area contributed by atoms with Crippen molar-refractivity contribution < 1.29 is 33.4 Å². The van der Waals surface area contributed by atoms with Gasteiger partial charge in [0.15, 0.2) is 11.9 Å². The molecule has 1 aliphatic carbocycles. The summed E-state index contributed by atoms with van der Waals surface area (Å²) in [5.41, 5.74) is 3.47. The number of aromatic carboxylic acids is 1. The van der Waals surface area contributed by atoms with Gasteiger partial charge in [-0.25, -0.2) is 14.0 Å². The number of methoxy groups -OCH3 is 1. The Bertz CT molecular complexity index is 1230. The molecule has 0 aliphatic heterocycles. The van der Waals surface area contributed by atoms with Crippen LogP contribution in [0, 0.1) is 5.82 Å². The summed E-state index contributed by atoms with van der Waals surface area (Å²) in [5.74, 6) is -3.40. The van der Waals surface area contributed by atoms with Crippen molar-refractivity contribution in [2.24, 2.45) is 0 Å². The maximum absolute atomic E-state index is 14.3. The number of fused-ring (bicyclic) bond motifs is 3. The summed E-state index contributed by atoms with van der Waals surface area (Å²) in [7, 11) is 1.26. The SMILES string of the molecule is COC(CNC(=O)OCC1c2ccccc2-c2ccccc21)C(=O)Nc1cccc(C(=O)O)c1F. The first kappa shape index (κ1) is 23.9. The standard InChI is InChI=1S/C26H23FN2O6/c1-34-22(24(30)29-21-12-6-11-19(23(21)27)25(31)32)13-28-26(33)35-14-20-17-9-4-2-7-15(17)16-8-3-5-10-18(16)20/h2-12,20,22H,13-14H2,1H3,(H,28,33)(H,29,30)(H,31,32). The lowest BCUT2D eigenvalue weighted by Crippen LogP contribution is -2.41. The molecule has 1 aliphatic rings. The van der Waals surface area contributed by atoms with Gasteiger partial charge in [0.25, 0.3) is 5.91 Å². The van der Waals surface area contributed by atoms with E-state index in [1.165, 1.54) is 19.2 Å². The average Bonchev–Trinajstić information content (AvgIpc) is 3.18. The molecule has 0 bridgehead atoms. The van der Waals surface area contributed by atoms with Gasteiger partial charge in [-0.15, -0.1) is 0 Å². The van der Waals surface area contributed by atoms with E-state index in [1.54, 1.807) is 0 Å². The van der Waals surface area contributed by atoms with E-state index in [0.29, 0.717) is 0 Å². The number of ether oxygens (including phenoxy) is 2. The van der Waals surface area contributed by atoms with Crippen molar-refractivity contribution in [2.75, 3.05) is 25.6 Å². The number of carboxylic acids is 1. The van der Waals surface area contributed by atoms with Crippen molar-refractivity contribution in [2.45, 2.75) is 12.0 Å². The highest BCUT2D eigenvalue weighted by Gasteiger charge is 2.29. The summed E-state index contributed by atoms with van der Waals surface area (Å²) < 4.78 is 24.8. The summed E-state index contributed by atoms with van der Waals surface area (Å²) >= 11 is 0. The second kappa shape index (κ2) is 10.4. The first-order valence-corrected chi connectivity index (χ1v) is 10.8. The Morgan fingerprint density at radius 3 is 2.20 bits per heavy atom. The molecule has 3 N–H and O–H groups in total. The third-order valence-corrected chi connectivity index (χ3v) is 5.84. The second-order valence-electron chi connectivity index (χ2n) is 7.89. The molecule has 4 rings (SSSR count). The first-order chi connectivity index (χ1) is 16.9. The van der Waals surface area contributed by atoms with Gasteiger partial charge in [-0.3, -0.25) is 4.79 Å². The number of hydrogen-bond acceptors (Lipinski definition) is 5. The van der Waals surface area contributed by atoms with Crippen molar-refractivity contribution in [1.29, 1.82) is 0 Å². The lowest BCUT2D eigenvalue weighted by Gasteiger charge is -2.18. The number of amides is 2. The Morgan fingerprint density at radius 1 is 0.971 bits per heavy atom. The maximum atomic E-state index is 14.3. The van der Waals surface area contributed by atoms with Crippen LogP contribution in [0.3, 0.4) is 0 Å². The molecule has 0 saturated carbocycles. The van der Waals surface area contributed by atoms with Crippen LogP contribution in [0.15, 0.2) is 66.7 Å². The lowest BCUT2D eigenvalue weighted by molar-refractivity contribution is -0.125. The van der Waals surface area contributed by atoms with Gasteiger partial charge in [0.1, 0.15) is 6.61 Å². The fourth-order valence-corrected chi connectivity index (χ4v) is 4.12. The quantitative estimate of drug-likeness (QED) is 0.451. The van der Waals surface area contributed by atoms with Gasteiger partial charge in [0.2, 0.25) is 0 Å². The Labute approximate surface area is 200 Å². The molecule has 0 fully saturated rings. The molecule has 1 atom stereocenters. The highest BCUT2D eigenvalue weighted by molar-refractivity contribution is 5.96. The molecular formula is C26H23FN2O6. The van der Waals surface area contributed by atoms with Crippen LogP contribution in [0.4, 0.5) is 14.9 Å². The molecule has 2 amide bonds. The van der Waals surface area contributed by atoms with Gasteiger partial charge in [-0.1, -0.05) is 54.6 Å². The van der Waals surface area contributed by atoms with E-state index in [2.05, 4.69) is 10.6 Å². The van der Waals surface area contributed by atoms with Crippen LogP contribution in [-0.2, 0) is 14.3 Å². The van der Waals surface area contributed by atoms with Crippen LogP contribution in [-0.4, -0.2) is 49.4 Å². The number of hydrogen-bond donors (Lipinski definition) is 3. The van der Waals surface area contributed by atoms with Crippen molar-refractivity contribution in [3.63, 3.8) is 0 Å². The zero-order valence-corrected chi connectivity index (χ0v) is 18.8. The van der Waals surface area contributed by atoms with Crippen LogP contribution in [0.2, 0.25) is 0 Å². The lowest BCUT2D eigenvalue weighted by atomic mass is 9.98. The first-order valence-electron chi connectivity index (χ1n) is 10.8. The number of carboxylic acid groups (broad SMARTS) is 1. The molecule has 0 radical (unpaired) electrons. The normalized spacial score (nSPS) is 12.9. The summed E-state index contributed by atoms with van der Waals surface area (Å²) in [6, 6.07) is 19.5. The molecule has 0 heterocycles. The van der Waals surface area contributed by atoms with Crippen LogP contribution >= 0.6 is 0 Å². The van der Waals surface area contributed by atoms with Crippen molar-refractivity contribution in [3.8, 4) is 11.1 Å². The minimum atomic E-state index is -1.46. The van der Waals surface area contributed by atoms with Gasteiger partial charge in [0.05, 0.1) is 17.8 Å². The number of rotatable bonds is 8. The Hall–Kier alpha value is -4.24. The van der Waals surface area contributed by atoms with Gasteiger partial charge >= 0.3 is 12.1 Å². The van der Waals surface area contributed by atoms with E-state index in [0.717, 1.165) is 28.3 Å². The van der Waals surface area contributed by atoms with E-state index in [1.807, 2.05) is 48.5 Å². The van der Waals surface area contributed by atoms with Gasteiger partial charge < -0.3 is 25.2 Å². The highest BCUT2D eigenvalue weighted by atomic mass is 19.1. The van der Waals surface area contributed by atoms with E-state index < -0.39 is 35.5 Å². The van der Waals surface area contributed by atoms with E-state index >= 15 is 0 Å². The number of benzene rings is 3. The van der Waals surface area contributed by atoms with Crippen molar-refractivity contribution in [1.82, 2.24) is 5.32 Å².